The van der Waals surface area contributed by atoms with Crippen LogP contribution < -0.4 is 0 Å². The van der Waals surface area contributed by atoms with Gasteiger partial charge in [0.25, 0.3) is 0 Å². The second kappa shape index (κ2) is 10.4. The van der Waals surface area contributed by atoms with Gasteiger partial charge in [-0.25, -0.2) is 0 Å². The van der Waals surface area contributed by atoms with Crippen molar-refractivity contribution in [3.05, 3.63) is 156 Å². The van der Waals surface area contributed by atoms with Gasteiger partial charge in [0, 0.05) is 15.1 Å². The predicted molar refractivity (Wildman–Crippen MR) is 201 cm³/mol. The third-order valence-electron chi connectivity index (χ3n) is 9.68. The summed E-state index contributed by atoms with van der Waals surface area (Å²) in [5, 5.41) is 9.22. The van der Waals surface area contributed by atoms with Crippen molar-refractivity contribution in [2.24, 2.45) is 0 Å². The van der Waals surface area contributed by atoms with Crippen molar-refractivity contribution in [1.82, 2.24) is 0 Å². The fraction of sp³-hybridized carbons (Fsp3) is 0.0667. The molecule has 0 N–H and O–H groups in total. The number of aryl methyl sites for hydroxylation is 3. The number of thiophene rings is 1. The number of hydrogen-bond acceptors (Lipinski definition) is 1. The summed E-state index contributed by atoms with van der Waals surface area (Å²) in [5.74, 6) is 0. The fourth-order valence-corrected chi connectivity index (χ4v) is 8.32. The van der Waals surface area contributed by atoms with Gasteiger partial charge in [0.2, 0.25) is 0 Å². The smallest absolute Gasteiger partial charge is 0.0361 e. The topological polar surface area (TPSA) is 0 Å². The molecule has 0 atom stereocenters. The quantitative estimate of drug-likeness (QED) is 0.175. The van der Waals surface area contributed by atoms with E-state index >= 15 is 0 Å². The highest BCUT2D eigenvalue weighted by Crippen LogP contribution is 2.49. The highest BCUT2D eigenvalue weighted by Gasteiger charge is 2.21. The van der Waals surface area contributed by atoms with Gasteiger partial charge in [-0.1, -0.05) is 132 Å². The molecule has 9 rings (SSSR count). The zero-order valence-electron chi connectivity index (χ0n) is 26.2. The number of fused-ring (bicyclic) bond motifs is 1. The van der Waals surface area contributed by atoms with Crippen molar-refractivity contribution < 1.29 is 0 Å². The molecule has 0 spiro atoms. The third kappa shape index (κ3) is 4.27. The average molecular weight is 605 g/mol. The lowest BCUT2D eigenvalue weighted by Crippen LogP contribution is -1.94. The molecule has 1 heterocycles. The largest absolute Gasteiger partial charge is 0.135 e. The second-order valence-corrected chi connectivity index (χ2v) is 13.8. The molecular formula is C45H32S. The van der Waals surface area contributed by atoms with Crippen LogP contribution in [-0.4, -0.2) is 0 Å². The van der Waals surface area contributed by atoms with E-state index in [1.807, 2.05) is 11.3 Å². The van der Waals surface area contributed by atoms with Crippen molar-refractivity contribution in [2.75, 3.05) is 0 Å². The molecule has 0 unspecified atom stereocenters. The first kappa shape index (κ1) is 27.1. The van der Waals surface area contributed by atoms with Gasteiger partial charge in [0.05, 0.1) is 0 Å². The lowest BCUT2D eigenvalue weighted by molar-refractivity contribution is 1.47. The molecule has 0 saturated carbocycles. The van der Waals surface area contributed by atoms with Gasteiger partial charge in [0.15, 0.2) is 0 Å². The third-order valence-corrected chi connectivity index (χ3v) is 10.8. The number of rotatable bonds is 4. The number of hydrogen-bond donors (Lipinski definition) is 0. The van der Waals surface area contributed by atoms with Gasteiger partial charge < -0.3 is 0 Å². The van der Waals surface area contributed by atoms with E-state index in [1.165, 1.54) is 103 Å². The van der Waals surface area contributed by atoms with Gasteiger partial charge in [-0.2, -0.15) is 0 Å². The highest BCUT2D eigenvalue weighted by molar-refractivity contribution is 7.22. The van der Waals surface area contributed by atoms with Crippen LogP contribution in [0.2, 0.25) is 0 Å². The molecule has 218 valence electrons. The molecule has 1 heteroatoms. The van der Waals surface area contributed by atoms with E-state index in [0.717, 1.165) is 0 Å². The highest BCUT2D eigenvalue weighted by atomic mass is 32.1. The second-order valence-electron chi connectivity index (χ2n) is 12.8. The Kier molecular flexibility index (Phi) is 6.13. The van der Waals surface area contributed by atoms with Crippen LogP contribution in [0.15, 0.2) is 140 Å². The lowest BCUT2D eigenvalue weighted by atomic mass is 9.82. The molecule has 46 heavy (non-hydrogen) atoms. The molecule has 0 aliphatic heterocycles. The van der Waals surface area contributed by atoms with E-state index in [0.29, 0.717) is 0 Å². The van der Waals surface area contributed by atoms with Gasteiger partial charge in [0.1, 0.15) is 0 Å². The first-order valence-electron chi connectivity index (χ1n) is 16.0. The molecule has 0 nitrogen and oxygen atoms in total. The fourth-order valence-electron chi connectivity index (χ4n) is 7.23. The van der Waals surface area contributed by atoms with E-state index in [4.69, 9.17) is 0 Å². The Balaban J connectivity index is 1.46. The number of benzene rings is 8. The molecular weight excluding hydrogens is 573 g/mol. The summed E-state index contributed by atoms with van der Waals surface area (Å²) in [7, 11) is 0. The zero-order valence-corrected chi connectivity index (χ0v) is 27.0. The van der Waals surface area contributed by atoms with Crippen molar-refractivity contribution in [1.29, 1.82) is 0 Å². The molecule has 0 aliphatic carbocycles. The molecule has 9 aromatic rings. The maximum absolute atomic E-state index is 2.44. The Labute approximate surface area is 273 Å². The van der Waals surface area contributed by atoms with Gasteiger partial charge in [-0.05, 0) is 116 Å². The lowest BCUT2D eigenvalue weighted by Gasteiger charge is -2.21. The van der Waals surface area contributed by atoms with E-state index in [-0.39, 0.29) is 0 Å². The zero-order chi connectivity index (χ0) is 30.9. The standard InChI is InChI=1S/C45H32S/c1-27-8-14-30(15-9-27)38-25-39(31-16-10-28(2)11-17-31)35-22-23-37-41(43-24-33-6-4-5-7-42(33)46-43)26-40(32-18-12-29(3)13-19-32)36-21-20-34(38)44(35)45(36)37/h4-26H,1-3H3. The Morgan fingerprint density at radius 3 is 1.20 bits per heavy atom. The van der Waals surface area contributed by atoms with Crippen LogP contribution in [0.3, 0.4) is 0 Å². The summed E-state index contributed by atoms with van der Waals surface area (Å²) in [6, 6.07) is 52.6. The van der Waals surface area contributed by atoms with Crippen molar-refractivity contribution in [2.45, 2.75) is 20.8 Å². The van der Waals surface area contributed by atoms with Gasteiger partial charge in [-0.15, -0.1) is 11.3 Å². The summed E-state index contributed by atoms with van der Waals surface area (Å²) >= 11 is 1.89. The van der Waals surface area contributed by atoms with Crippen molar-refractivity contribution in [3.63, 3.8) is 0 Å². The van der Waals surface area contributed by atoms with Crippen LogP contribution in [0, 0.1) is 20.8 Å². The summed E-state index contributed by atoms with van der Waals surface area (Å²) in [6.45, 7) is 6.48. The van der Waals surface area contributed by atoms with Crippen LogP contribution in [0.25, 0.3) is 86.2 Å². The predicted octanol–water partition coefficient (Wildman–Crippen LogP) is 13.4. The summed E-state index contributed by atoms with van der Waals surface area (Å²) in [6.07, 6.45) is 0. The van der Waals surface area contributed by atoms with Gasteiger partial charge >= 0.3 is 0 Å². The van der Waals surface area contributed by atoms with Crippen molar-refractivity contribution >= 4 is 53.7 Å². The molecule has 0 saturated heterocycles. The van der Waals surface area contributed by atoms with Crippen molar-refractivity contribution in [3.8, 4) is 43.8 Å². The molecule has 0 radical (unpaired) electrons. The molecule has 0 fully saturated rings. The first-order valence-corrected chi connectivity index (χ1v) is 16.8. The Morgan fingerprint density at radius 1 is 0.370 bits per heavy atom. The summed E-state index contributed by atoms with van der Waals surface area (Å²) in [4.78, 5) is 1.31. The Bertz CT molecular complexity index is 2460. The van der Waals surface area contributed by atoms with E-state index in [9.17, 15) is 0 Å². The maximum atomic E-state index is 2.44. The Morgan fingerprint density at radius 2 is 0.761 bits per heavy atom. The monoisotopic (exact) mass is 604 g/mol. The minimum atomic E-state index is 1.25. The SMILES string of the molecule is Cc1ccc(-c2cc(-c3ccc(C)cc3)c3ccc4c(-c5cc6ccccc6s5)cc(-c5ccc(C)cc5)c5ccc2c3c54)cc1. The molecule has 0 amide bonds. The maximum Gasteiger partial charge on any atom is 0.0361 e. The van der Waals surface area contributed by atoms with E-state index in [1.54, 1.807) is 0 Å². The van der Waals surface area contributed by atoms with E-state index in [2.05, 4.69) is 160 Å². The summed E-state index contributed by atoms with van der Waals surface area (Å²) < 4.78 is 1.32. The van der Waals surface area contributed by atoms with Crippen LogP contribution in [0.4, 0.5) is 0 Å². The van der Waals surface area contributed by atoms with E-state index < -0.39 is 0 Å². The van der Waals surface area contributed by atoms with Crippen LogP contribution in [0.5, 0.6) is 0 Å². The van der Waals surface area contributed by atoms with Crippen LogP contribution >= 0.6 is 11.3 Å². The minimum absolute atomic E-state index is 1.25. The average Bonchev–Trinajstić information content (AvgIpc) is 3.52. The molecule has 0 bridgehead atoms. The first-order chi connectivity index (χ1) is 22.5. The van der Waals surface area contributed by atoms with Gasteiger partial charge in [-0.3, -0.25) is 0 Å². The van der Waals surface area contributed by atoms with Crippen LogP contribution in [-0.2, 0) is 0 Å². The summed E-state index contributed by atoms with van der Waals surface area (Å²) in [5.41, 5.74) is 12.7. The van der Waals surface area contributed by atoms with Crippen LogP contribution in [0.1, 0.15) is 16.7 Å². The molecule has 1 aromatic heterocycles. The molecule has 0 aliphatic rings. The normalized spacial score (nSPS) is 11.8. The Hall–Kier alpha value is -5.24. The minimum Gasteiger partial charge on any atom is -0.135 e. The molecule has 8 aromatic carbocycles.